The largest absolute Gasteiger partial charge is 0.473 e. The van der Waals surface area contributed by atoms with Gasteiger partial charge in [0.25, 0.3) is 5.91 Å². The van der Waals surface area contributed by atoms with Gasteiger partial charge in [-0.25, -0.2) is 9.59 Å². The number of benzene rings is 1. The second-order valence-corrected chi connectivity index (χ2v) is 6.87. The van der Waals surface area contributed by atoms with Crippen LogP contribution in [0.15, 0.2) is 53.3 Å². The molecular weight excluding hydrogens is 430 g/mol. The van der Waals surface area contributed by atoms with Gasteiger partial charge in [0.1, 0.15) is 0 Å². The summed E-state index contributed by atoms with van der Waals surface area (Å²) in [5, 5.41) is 14.8. The topological polar surface area (TPSA) is 111 Å². The Hall–Kier alpha value is -2.78. The van der Waals surface area contributed by atoms with Crippen LogP contribution < -0.4 is 0 Å². The third-order valence-corrected chi connectivity index (χ3v) is 4.88. The quantitative estimate of drug-likeness (QED) is 0.688. The molecule has 28 heavy (non-hydrogen) atoms. The number of piperazine rings is 1. The number of hydrogen-bond donors (Lipinski definition) is 2. The molecule has 9 heteroatoms. The summed E-state index contributed by atoms with van der Waals surface area (Å²) in [6, 6.07) is 11.9. The lowest BCUT2D eigenvalue weighted by Gasteiger charge is -2.34. The van der Waals surface area contributed by atoms with Crippen molar-refractivity contribution in [3.05, 3.63) is 64.4 Å². The molecule has 0 aliphatic carbocycles. The number of amides is 1. The number of hydrogen-bond acceptors (Lipinski definition) is 5. The summed E-state index contributed by atoms with van der Waals surface area (Å²) in [5.74, 6) is -3.57. The van der Waals surface area contributed by atoms with Gasteiger partial charge in [-0.1, -0.05) is 34.1 Å². The van der Waals surface area contributed by atoms with E-state index in [2.05, 4.69) is 44.0 Å². The van der Waals surface area contributed by atoms with Crippen molar-refractivity contribution in [2.75, 3.05) is 26.2 Å². The smallest absolute Gasteiger partial charge is 0.414 e. The fourth-order valence-corrected chi connectivity index (χ4v) is 3.06. The van der Waals surface area contributed by atoms with Crippen LogP contribution >= 0.6 is 15.9 Å². The van der Waals surface area contributed by atoms with Crippen LogP contribution in [0, 0.1) is 0 Å². The summed E-state index contributed by atoms with van der Waals surface area (Å²) >= 11 is 3.59. The Labute approximate surface area is 170 Å². The third kappa shape index (κ3) is 6.43. The zero-order valence-electron chi connectivity index (χ0n) is 15.0. The first-order chi connectivity index (χ1) is 13.4. The van der Waals surface area contributed by atoms with Gasteiger partial charge in [-0.3, -0.25) is 14.7 Å². The van der Waals surface area contributed by atoms with Crippen LogP contribution in [0.1, 0.15) is 15.9 Å². The average Bonchev–Trinajstić information content (AvgIpc) is 2.71. The van der Waals surface area contributed by atoms with Crippen LogP contribution in [-0.4, -0.2) is 69.0 Å². The molecule has 0 unspecified atom stereocenters. The number of aliphatic carboxylic acids is 2. The highest BCUT2D eigenvalue weighted by molar-refractivity contribution is 9.10. The number of pyridine rings is 1. The number of nitrogens with zero attached hydrogens (tertiary/aromatic N) is 3. The second kappa shape index (κ2) is 10.5. The highest BCUT2D eigenvalue weighted by Gasteiger charge is 2.22. The Balaban J connectivity index is 0.000000409. The Morgan fingerprint density at radius 3 is 2.14 bits per heavy atom. The first-order valence-electron chi connectivity index (χ1n) is 8.49. The van der Waals surface area contributed by atoms with Crippen LogP contribution in [0.3, 0.4) is 0 Å². The molecule has 1 aliphatic heterocycles. The van der Waals surface area contributed by atoms with Crippen molar-refractivity contribution in [3.8, 4) is 0 Å². The Morgan fingerprint density at radius 2 is 1.61 bits per heavy atom. The number of carboxylic acid groups (broad SMARTS) is 2. The van der Waals surface area contributed by atoms with E-state index in [1.165, 1.54) is 5.56 Å². The minimum Gasteiger partial charge on any atom is -0.473 e. The molecule has 2 aromatic rings. The van der Waals surface area contributed by atoms with Crippen molar-refractivity contribution in [3.63, 3.8) is 0 Å². The van der Waals surface area contributed by atoms with Crippen molar-refractivity contribution < 1.29 is 24.6 Å². The Kier molecular flexibility index (Phi) is 8.09. The fourth-order valence-electron chi connectivity index (χ4n) is 2.65. The monoisotopic (exact) mass is 449 g/mol. The molecule has 0 bridgehead atoms. The van der Waals surface area contributed by atoms with Crippen LogP contribution in [0.2, 0.25) is 0 Å². The zero-order chi connectivity index (χ0) is 20.5. The molecule has 0 atom stereocenters. The van der Waals surface area contributed by atoms with Gasteiger partial charge in [0.05, 0.1) is 5.56 Å². The SMILES string of the molecule is O=C(O)C(=O)O.O=C(c1cccnc1)N1CCN(Cc2ccccc2Br)CC1. The molecule has 1 aliphatic rings. The van der Waals surface area contributed by atoms with Gasteiger partial charge in [0.2, 0.25) is 0 Å². The maximum atomic E-state index is 12.4. The first kappa shape index (κ1) is 21.5. The van der Waals surface area contributed by atoms with E-state index in [1.807, 2.05) is 17.0 Å². The molecule has 1 aromatic carbocycles. The summed E-state index contributed by atoms with van der Waals surface area (Å²) in [6.07, 6.45) is 3.32. The van der Waals surface area contributed by atoms with Crippen LogP contribution in [0.5, 0.6) is 0 Å². The highest BCUT2D eigenvalue weighted by atomic mass is 79.9. The summed E-state index contributed by atoms with van der Waals surface area (Å²) in [6.45, 7) is 4.23. The minimum atomic E-state index is -1.82. The van der Waals surface area contributed by atoms with Crippen LogP contribution in [0.4, 0.5) is 0 Å². The molecule has 3 rings (SSSR count). The summed E-state index contributed by atoms with van der Waals surface area (Å²) in [7, 11) is 0. The van der Waals surface area contributed by atoms with E-state index < -0.39 is 11.9 Å². The maximum absolute atomic E-state index is 12.4. The van der Waals surface area contributed by atoms with Gasteiger partial charge in [-0.15, -0.1) is 0 Å². The summed E-state index contributed by atoms with van der Waals surface area (Å²) in [4.78, 5) is 38.9. The normalized spacial score (nSPS) is 14.0. The molecule has 0 spiro atoms. The first-order valence-corrected chi connectivity index (χ1v) is 9.29. The average molecular weight is 450 g/mol. The van der Waals surface area contributed by atoms with Crippen LogP contribution in [-0.2, 0) is 16.1 Å². The van der Waals surface area contributed by atoms with Crippen molar-refractivity contribution in [2.45, 2.75) is 6.54 Å². The molecule has 1 fully saturated rings. The van der Waals surface area contributed by atoms with E-state index in [9.17, 15) is 4.79 Å². The second-order valence-electron chi connectivity index (χ2n) is 6.01. The third-order valence-electron chi connectivity index (χ3n) is 4.10. The van der Waals surface area contributed by atoms with E-state index in [0.29, 0.717) is 5.56 Å². The van der Waals surface area contributed by atoms with Crippen molar-refractivity contribution >= 4 is 33.8 Å². The van der Waals surface area contributed by atoms with Gasteiger partial charge in [-0.2, -0.15) is 0 Å². The number of aromatic nitrogens is 1. The molecule has 8 nitrogen and oxygen atoms in total. The lowest BCUT2D eigenvalue weighted by atomic mass is 10.2. The maximum Gasteiger partial charge on any atom is 0.414 e. The molecule has 148 valence electrons. The fraction of sp³-hybridized carbons (Fsp3) is 0.263. The van der Waals surface area contributed by atoms with E-state index in [1.54, 1.807) is 18.5 Å². The van der Waals surface area contributed by atoms with Crippen molar-refractivity contribution in [1.29, 1.82) is 0 Å². The number of halogens is 1. The molecule has 1 amide bonds. The van der Waals surface area contributed by atoms with Gasteiger partial charge >= 0.3 is 11.9 Å². The predicted molar refractivity (Wildman–Crippen MR) is 105 cm³/mol. The van der Waals surface area contributed by atoms with Crippen molar-refractivity contribution in [2.24, 2.45) is 0 Å². The van der Waals surface area contributed by atoms with Gasteiger partial charge in [-0.05, 0) is 23.8 Å². The van der Waals surface area contributed by atoms with Crippen molar-refractivity contribution in [1.82, 2.24) is 14.8 Å². The van der Waals surface area contributed by atoms with E-state index in [-0.39, 0.29) is 5.91 Å². The number of carbonyl (C=O) groups is 3. The summed E-state index contributed by atoms with van der Waals surface area (Å²) < 4.78 is 1.14. The standard InChI is InChI=1S/C17H18BrN3O.C2H2O4/c18-16-6-2-1-4-15(16)13-20-8-10-21(11-9-20)17(22)14-5-3-7-19-12-14;3-1(4)2(5)6/h1-7,12H,8-11,13H2;(H,3,4)(H,5,6). The highest BCUT2D eigenvalue weighted by Crippen LogP contribution is 2.19. The molecule has 0 radical (unpaired) electrons. The molecular formula is C19H20BrN3O5. The number of carboxylic acids is 2. The van der Waals surface area contributed by atoms with E-state index in [0.717, 1.165) is 37.2 Å². The van der Waals surface area contributed by atoms with E-state index in [4.69, 9.17) is 19.8 Å². The van der Waals surface area contributed by atoms with Gasteiger partial charge in [0.15, 0.2) is 0 Å². The lowest BCUT2D eigenvalue weighted by molar-refractivity contribution is -0.159. The Morgan fingerprint density at radius 1 is 0.964 bits per heavy atom. The van der Waals surface area contributed by atoms with Gasteiger partial charge < -0.3 is 15.1 Å². The van der Waals surface area contributed by atoms with Crippen LogP contribution in [0.25, 0.3) is 0 Å². The van der Waals surface area contributed by atoms with E-state index >= 15 is 0 Å². The number of rotatable bonds is 3. The molecule has 2 heterocycles. The molecule has 0 saturated carbocycles. The minimum absolute atomic E-state index is 0.0774. The molecule has 1 aromatic heterocycles. The Bertz CT molecular complexity index is 811. The molecule has 2 N–H and O–H groups in total. The zero-order valence-corrected chi connectivity index (χ0v) is 16.6. The molecule has 1 saturated heterocycles. The number of carbonyl (C=O) groups excluding carboxylic acids is 1. The predicted octanol–water partition coefficient (Wildman–Crippen LogP) is 1.96. The van der Waals surface area contributed by atoms with Gasteiger partial charge in [0, 0.05) is 49.6 Å². The lowest BCUT2D eigenvalue weighted by Crippen LogP contribution is -2.48. The summed E-state index contributed by atoms with van der Waals surface area (Å²) in [5.41, 5.74) is 1.95.